The van der Waals surface area contributed by atoms with Gasteiger partial charge in [-0.15, -0.1) is 11.3 Å². The van der Waals surface area contributed by atoms with Crippen molar-refractivity contribution in [3.05, 3.63) is 52.7 Å². The molecule has 0 aliphatic carbocycles. The van der Waals surface area contributed by atoms with Crippen LogP contribution in [0.25, 0.3) is 10.1 Å². The van der Waals surface area contributed by atoms with Crippen molar-refractivity contribution in [2.24, 2.45) is 0 Å². The zero-order valence-corrected chi connectivity index (χ0v) is 14.1. The molecule has 3 nitrogen and oxygen atoms in total. The second-order valence-corrected chi connectivity index (χ2v) is 7.01. The summed E-state index contributed by atoms with van der Waals surface area (Å²) in [6.07, 6.45) is 4.21. The van der Waals surface area contributed by atoms with Crippen molar-refractivity contribution in [2.45, 2.75) is 33.7 Å². The highest BCUT2D eigenvalue weighted by Crippen LogP contribution is 2.29. The predicted molar refractivity (Wildman–Crippen MR) is 94.1 cm³/mol. The topological polar surface area (TPSA) is 34.0 Å². The van der Waals surface area contributed by atoms with Crippen LogP contribution in [0.2, 0.25) is 0 Å². The van der Waals surface area contributed by atoms with Crippen LogP contribution in [0.4, 0.5) is 5.69 Å². The Balaban J connectivity index is 1.86. The lowest BCUT2D eigenvalue weighted by Gasteiger charge is -2.09. The number of aryl methyl sites for hydroxylation is 1. The summed E-state index contributed by atoms with van der Waals surface area (Å²) in [6, 6.07) is 8.37. The molecule has 1 N–H and O–H groups in total. The molecule has 0 radical (unpaired) electrons. The minimum absolute atomic E-state index is 0.0361. The number of fused-ring (bicyclic) bond motifs is 1. The molecular weight excluding hydrogens is 292 g/mol. The van der Waals surface area contributed by atoms with Gasteiger partial charge < -0.3 is 9.88 Å². The third-order valence-electron chi connectivity index (χ3n) is 4.02. The van der Waals surface area contributed by atoms with E-state index in [4.69, 9.17) is 0 Å². The largest absolute Gasteiger partial charge is 0.350 e. The number of amides is 1. The van der Waals surface area contributed by atoms with Crippen molar-refractivity contribution in [1.82, 2.24) is 4.57 Å². The second-order valence-electron chi connectivity index (χ2n) is 5.93. The van der Waals surface area contributed by atoms with E-state index in [0.717, 1.165) is 26.2 Å². The fraction of sp³-hybridized carbons (Fsp3) is 0.278. The molecule has 22 heavy (non-hydrogen) atoms. The predicted octanol–water partition coefficient (Wildman–Crippen LogP) is 5.15. The number of hydrogen-bond donors (Lipinski definition) is 1. The third-order valence-corrected chi connectivity index (χ3v) is 5.10. The molecule has 0 unspecified atom stereocenters. The first-order valence-electron chi connectivity index (χ1n) is 7.44. The third kappa shape index (κ3) is 2.66. The Morgan fingerprint density at radius 3 is 2.68 bits per heavy atom. The number of hydrogen-bond acceptors (Lipinski definition) is 2. The summed E-state index contributed by atoms with van der Waals surface area (Å²) in [4.78, 5) is 13.2. The van der Waals surface area contributed by atoms with E-state index in [-0.39, 0.29) is 5.91 Å². The molecule has 0 saturated carbocycles. The lowest BCUT2D eigenvalue weighted by atomic mass is 10.1. The molecule has 0 saturated heterocycles. The number of carbonyl (C=O) groups excluding carboxylic acids is 1. The maximum atomic E-state index is 12.5. The first kappa shape index (κ1) is 14.9. The van der Waals surface area contributed by atoms with Crippen LogP contribution in [0.1, 0.15) is 40.7 Å². The van der Waals surface area contributed by atoms with Crippen molar-refractivity contribution in [3.63, 3.8) is 0 Å². The van der Waals surface area contributed by atoms with Crippen LogP contribution in [-0.4, -0.2) is 10.5 Å². The number of nitrogens with zero attached hydrogens (tertiary/aromatic N) is 1. The molecule has 1 aromatic carbocycles. The molecule has 2 heterocycles. The van der Waals surface area contributed by atoms with E-state index >= 15 is 0 Å². The Morgan fingerprint density at radius 2 is 2.00 bits per heavy atom. The van der Waals surface area contributed by atoms with Crippen LogP contribution >= 0.6 is 11.3 Å². The molecule has 2 aromatic heterocycles. The Morgan fingerprint density at radius 1 is 1.23 bits per heavy atom. The highest BCUT2D eigenvalue weighted by Gasteiger charge is 2.13. The Bertz CT molecular complexity index is 811. The lowest BCUT2D eigenvalue weighted by molar-refractivity contribution is 0.103. The highest BCUT2D eigenvalue weighted by atomic mass is 32.1. The fourth-order valence-corrected chi connectivity index (χ4v) is 3.41. The van der Waals surface area contributed by atoms with Gasteiger partial charge in [0.2, 0.25) is 0 Å². The van der Waals surface area contributed by atoms with Gasteiger partial charge in [-0.25, -0.2) is 0 Å². The van der Waals surface area contributed by atoms with E-state index in [2.05, 4.69) is 49.1 Å². The van der Waals surface area contributed by atoms with Crippen molar-refractivity contribution in [1.29, 1.82) is 0 Å². The summed E-state index contributed by atoms with van der Waals surface area (Å²) in [7, 11) is 0. The van der Waals surface area contributed by atoms with E-state index in [1.165, 1.54) is 5.56 Å². The van der Waals surface area contributed by atoms with Crippen molar-refractivity contribution in [2.75, 3.05) is 5.32 Å². The molecule has 0 spiro atoms. The zero-order valence-electron chi connectivity index (χ0n) is 13.3. The fourth-order valence-electron chi connectivity index (χ4n) is 2.43. The molecule has 1 amide bonds. The van der Waals surface area contributed by atoms with Crippen molar-refractivity contribution in [3.8, 4) is 0 Å². The van der Waals surface area contributed by atoms with E-state index < -0.39 is 0 Å². The summed E-state index contributed by atoms with van der Waals surface area (Å²) in [6.45, 7) is 8.38. The number of aromatic nitrogens is 1. The van der Waals surface area contributed by atoms with Crippen LogP contribution in [0, 0.1) is 13.8 Å². The maximum Gasteiger partial charge on any atom is 0.265 e. The normalized spacial score (nSPS) is 11.3. The van der Waals surface area contributed by atoms with Crippen molar-refractivity contribution >= 4 is 33.0 Å². The van der Waals surface area contributed by atoms with Gasteiger partial charge in [0.25, 0.3) is 5.91 Å². The molecule has 0 atom stereocenters. The number of thiophene rings is 1. The maximum absolute atomic E-state index is 12.5. The van der Waals surface area contributed by atoms with E-state index in [9.17, 15) is 4.79 Å². The molecule has 0 bridgehead atoms. The second kappa shape index (κ2) is 5.61. The number of anilines is 1. The monoisotopic (exact) mass is 312 g/mol. The SMILES string of the molecule is Cc1cccc(NC(=O)c2cc3cn(C(C)C)cc3s2)c1C. The number of benzene rings is 1. The molecule has 3 aromatic rings. The summed E-state index contributed by atoms with van der Waals surface area (Å²) in [5, 5.41) is 4.15. The lowest BCUT2D eigenvalue weighted by Crippen LogP contribution is -2.11. The molecular formula is C18H20N2OS. The first-order chi connectivity index (χ1) is 10.5. The summed E-state index contributed by atoms with van der Waals surface area (Å²) in [5.41, 5.74) is 3.18. The minimum atomic E-state index is -0.0361. The van der Waals surface area contributed by atoms with Crippen LogP contribution in [0.5, 0.6) is 0 Å². The zero-order chi connectivity index (χ0) is 15.9. The van der Waals surface area contributed by atoms with Gasteiger partial charge in [0, 0.05) is 29.5 Å². The molecule has 0 aliphatic heterocycles. The van der Waals surface area contributed by atoms with Crippen LogP contribution in [0.3, 0.4) is 0 Å². The molecule has 4 heteroatoms. The van der Waals surface area contributed by atoms with Gasteiger partial charge >= 0.3 is 0 Å². The molecule has 114 valence electrons. The van der Waals surface area contributed by atoms with Crippen molar-refractivity contribution < 1.29 is 4.79 Å². The Labute approximate surface area is 134 Å². The Kier molecular flexibility index (Phi) is 3.79. The van der Waals surface area contributed by atoms with Crippen LogP contribution in [0.15, 0.2) is 36.7 Å². The van der Waals surface area contributed by atoms with Crippen LogP contribution < -0.4 is 5.32 Å². The van der Waals surface area contributed by atoms with E-state index in [0.29, 0.717) is 6.04 Å². The Hall–Kier alpha value is -2.07. The average Bonchev–Trinajstić information content (AvgIpc) is 3.02. The van der Waals surface area contributed by atoms with Gasteiger partial charge in [-0.2, -0.15) is 0 Å². The number of nitrogens with one attached hydrogen (secondary N) is 1. The van der Waals surface area contributed by atoms with Gasteiger partial charge in [0.15, 0.2) is 0 Å². The van der Waals surface area contributed by atoms with Gasteiger partial charge in [-0.1, -0.05) is 12.1 Å². The van der Waals surface area contributed by atoms with E-state index in [1.54, 1.807) is 11.3 Å². The molecule has 0 fully saturated rings. The molecule has 0 aliphatic rings. The van der Waals surface area contributed by atoms with Crippen LogP contribution in [-0.2, 0) is 0 Å². The van der Waals surface area contributed by atoms with Gasteiger partial charge in [0.05, 0.1) is 9.58 Å². The standard InChI is InChI=1S/C18H20N2OS/c1-11(2)20-9-14-8-16(22-17(14)10-20)18(21)19-15-7-5-6-12(3)13(15)4/h5-11H,1-4H3,(H,19,21). The first-order valence-corrected chi connectivity index (χ1v) is 8.26. The number of rotatable bonds is 3. The average molecular weight is 312 g/mol. The van der Waals surface area contributed by atoms with Gasteiger partial charge in [0.1, 0.15) is 0 Å². The summed E-state index contributed by atoms with van der Waals surface area (Å²) in [5.74, 6) is -0.0361. The summed E-state index contributed by atoms with van der Waals surface area (Å²) >= 11 is 1.54. The quantitative estimate of drug-likeness (QED) is 0.712. The van der Waals surface area contributed by atoms with Gasteiger partial charge in [-0.3, -0.25) is 4.79 Å². The van der Waals surface area contributed by atoms with E-state index in [1.807, 2.05) is 25.1 Å². The summed E-state index contributed by atoms with van der Waals surface area (Å²) < 4.78 is 3.33. The number of carbonyl (C=O) groups is 1. The smallest absolute Gasteiger partial charge is 0.265 e. The van der Waals surface area contributed by atoms with Gasteiger partial charge in [-0.05, 0) is 51.0 Å². The molecule has 3 rings (SSSR count). The minimum Gasteiger partial charge on any atom is -0.350 e. The highest BCUT2D eigenvalue weighted by molar-refractivity contribution is 7.20.